The second kappa shape index (κ2) is 6.72. The second-order valence-corrected chi connectivity index (χ2v) is 4.64. The molecule has 0 bridgehead atoms. The molecule has 2 aromatic rings. The lowest BCUT2D eigenvalue weighted by Crippen LogP contribution is -2.07. The van der Waals surface area contributed by atoms with Crippen molar-refractivity contribution in [3.05, 3.63) is 47.7 Å². The van der Waals surface area contributed by atoms with E-state index in [1.807, 2.05) is 24.3 Å². The van der Waals surface area contributed by atoms with E-state index in [1.54, 1.807) is 0 Å². The van der Waals surface area contributed by atoms with Gasteiger partial charge in [0.1, 0.15) is 11.9 Å². The zero-order chi connectivity index (χ0) is 14.4. The van der Waals surface area contributed by atoms with Gasteiger partial charge in [-0.25, -0.2) is 4.98 Å². The zero-order valence-corrected chi connectivity index (χ0v) is 12.0. The number of hydrogen-bond donors (Lipinski definition) is 1. The summed E-state index contributed by atoms with van der Waals surface area (Å²) in [5.74, 6) is 0.700. The molecule has 20 heavy (non-hydrogen) atoms. The SMILES string of the molecule is CCCNc1nc(CC)c(-c2ccccc2)cc1C#N. The lowest BCUT2D eigenvalue weighted by atomic mass is 10.0. The van der Waals surface area contributed by atoms with Gasteiger partial charge in [-0.3, -0.25) is 0 Å². The van der Waals surface area contributed by atoms with E-state index in [-0.39, 0.29) is 0 Å². The molecule has 3 heteroatoms. The molecule has 0 amide bonds. The van der Waals surface area contributed by atoms with Crippen molar-refractivity contribution >= 4 is 5.82 Å². The van der Waals surface area contributed by atoms with Gasteiger partial charge in [0.2, 0.25) is 0 Å². The fourth-order valence-corrected chi connectivity index (χ4v) is 2.15. The fourth-order valence-electron chi connectivity index (χ4n) is 2.15. The van der Waals surface area contributed by atoms with Gasteiger partial charge in [-0.05, 0) is 24.5 Å². The molecule has 0 fully saturated rings. The number of hydrogen-bond acceptors (Lipinski definition) is 3. The maximum atomic E-state index is 9.32. The number of pyridine rings is 1. The van der Waals surface area contributed by atoms with Crippen LogP contribution < -0.4 is 5.32 Å². The van der Waals surface area contributed by atoms with Gasteiger partial charge in [-0.2, -0.15) is 5.26 Å². The minimum Gasteiger partial charge on any atom is -0.369 e. The Kier molecular flexibility index (Phi) is 4.73. The van der Waals surface area contributed by atoms with Gasteiger partial charge in [0.15, 0.2) is 0 Å². The third-order valence-electron chi connectivity index (χ3n) is 3.18. The van der Waals surface area contributed by atoms with Crippen molar-refractivity contribution in [2.24, 2.45) is 0 Å². The predicted molar refractivity (Wildman–Crippen MR) is 82.5 cm³/mol. The average Bonchev–Trinajstić information content (AvgIpc) is 2.52. The molecular weight excluding hydrogens is 246 g/mol. The molecule has 0 aliphatic heterocycles. The Bertz CT molecular complexity index is 612. The van der Waals surface area contributed by atoms with Crippen molar-refractivity contribution < 1.29 is 0 Å². The molecule has 1 heterocycles. The summed E-state index contributed by atoms with van der Waals surface area (Å²) in [4.78, 5) is 4.64. The molecule has 1 N–H and O–H groups in total. The first-order valence-corrected chi connectivity index (χ1v) is 7.03. The summed E-state index contributed by atoms with van der Waals surface area (Å²) in [6, 6.07) is 14.3. The first kappa shape index (κ1) is 14.1. The molecule has 0 unspecified atom stereocenters. The van der Waals surface area contributed by atoms with Gasteiger partial charge in [-0.1, -0.05) is 44.2 Å². The molecule has 0 aliphatic carbocycles. The topological polar surface area (TPSA) is 48.7 Å². The minimum atomic E-state index is 0.606. The molecule has 0 radical (unpaired) electrons. The highest BCUT2D eigenvalue weighted by molar-refractivity contribution is 5.71. The number of aromatic nitrogens is 1. The van der Waals surface area contributed by atoms with Gasteiger partial charge < -0.3 is 5.32 Å². The van der Waals surface area contributed by atoms with Crippen molar-refractivity contribution in [3.8, 4) is 17.2 Å². The highest BCUT2D eigenvalue weighted by atomic mass is 15.0. The zero-order valence-electron chi connectivity index (χ0n) is 12.0. The number of nitrogens with one attached hydrogen (secondary N) is 1. The number of nitrogens with zero attached hydrogens (tertiary/aromatic N) is 2. The van der Waals surface area contributed by atoms with Crippen LogP contribution in [0.1, 0.15) is 31.5 Å². The summed E-state index contributed by atoms with van der Waals surface area (Å²) in [7, 11) is 0. The number of rotatable bonds is 5. The van der Waals surface area contributed by atoms with Crippen molar-refractivity contribution in [1.82, 2.24) is 4.98 Å². The number of aryl methyl sites for hydroxylation is 1. The van der Waals surface area contributed by atoms with E-state index < -0.39 is 0 Å². The van der Waals surface area contributed by atoms with Gasteiger partial charge in [-0.15, -0.1) is 0 Å². The fraction of sp³-hybridized carbons (Fsp3) is 0.294. The van der Waals surface area contributed by atoms with E-state index >= 15 is 0 Å². The monoisotopic (exact) mass is 265 g/mol. The molecule has 0 spiro atoms. The predicted octanol–water partition coefficient (Wildman–Crippen LogP) is 4.00. The quantitative estimate of drug-likeness (QED) is 0.888. The lowest BCUT2D eigenvalue weighted by Gasteiger charge is -2.12. The van der Waals surface area contributed by atoms with Gasteiger partial charge in [0, 0.05) is 12.1 Å². The maximum Gasteiger partial charge on any atom is 0.144 e. The van der Waals surface area contributed by atoms with Crippen LogP contribution in [-0.4, -0.2) is 11.5 Å². The Morgan fingerprint density at radius 3 is 2.55 bits per heavy atom. The Morgan fingerprint density at radius 1 is 1.20 bits per heavy atom. The highest BCUT2D eigenvalue weighted by Gasteiger charge is 2.11. The summed E-state index contributed by atoms with van der Waals surface area (Å²) in [6.07, 6.45) is 1.85. The second-order valence-electron chi connectivity index (χ2n) is 4.64. The standard InChI is InChI=1S/C17H19N3/c1-3-10-19-17-14(12-18)11-15(16(4-2)20-17)13-8-6-5-7-9-13/h5-9,11H,3-4,10H2,1-2H3,(H,19,20). The summed E-state index contributed by atoms with van der Waals surface area (Å²) in [5.41, 5.74) is 3.78. The van der Waals surface area contributed by atoms with Gasteiger partial charge >= 0.3 is 0 Å². The van der Waals surface area contributed by atoms with E-state index in [9.17, 15) is 5.26 Å². The van der Waals surface area contributed by atoms with Crippen LogP contribution in [0.15, 0.2) is 36.4 Å². The molecule has 1 aromatic carbocycles. The molecule has 3 nitrogen and oxygen atoms in total. The molecule has 0 saturated heterocycles. The summed E-state index contributed by atoms with van der Waals surface area (Å²) in [5, 5.41) is 12.6. The molecule has 2 rings (SSSR count). The van der Waals surface area contributed by atoms with E-state index in [1.165, 1.54) is 0 Å². The summed E-state index contributed by atoms with van der Waals surface area (Å²) >= 11 is 0. The number of nitriles is 1. The molecule has 0 atom stereocenters. The van der Waals surface area contributed by atoms with Crippen LogP contribution in [0.25, 0.3) is 11.1 Å². The molecular formula is C17H19N3. The third-order valence-corrected chi connectivity index (χ3v) is 3.18. The van der Waals surface area contributed by atoms with Crippen LogP contribution in [0.5, 0.6) is 0 Å². The number of benzene rings is 1. The average molecular weight is 265 g/mol. The van der Waals surface area contributed by atoms with Crippen molar-refractivity contribution in [2.75, 3.05) is 11.9 Å². The maximum absolute atomic E-state index is 9.32. The van der Waals surface area contributed by atoms with Gasteiger partial charge in [0.05, 0.1) is 11.3 Å². The van der Waals surface area contributed by atoms with Gasteiger partial charge in [0.25, 0.3) is 0 Å². The van der Waals surface area contributed by atoms with E-state index in [2.05, 4.69) is 42.4 Å². The first-order valence-electron chi connectivity index (χ1n) is 7.03. The van der Waals surface area contributed by atoms with E-state index in [0.29, 0.717) is 11.4 Å². The molecule has 0 aliphatic rings. The largest absolute Gasteiger partial charge is 0.369 e. The van der Waals surface area contributed by atoms with Crippen LogP contribution in [0.2, 0.25) is 0 Å². The van der Waals surface area contributed by atoms with Crippen molar-refractivity contribution in [1.29, 1.82) is 5.26 Å². The van der Waals surface area contributed by atoms with Crippen LogP contribution in [-0.2, 0) is 6.42 Å². The third kappa shape index (κ3) is 2.97. The molecule has 0 saturated carbocycles. The van der Waals surface area contributed by atoms with E-state index in [0.717, 1.165) is 36.2 Å². The van der Waals surface area contributed by atoms with Crippen LogP contribution in [0, 0.1) is 11.3 Å². The Labute approximate surface area is 120 Å². The summed E-state index contributed by atoms with van der Waals surface area (Å²) in [6.45, 7) is 5.01. The van der Waals surface area contributed by atoms with Crippen LogP contribution >= 0.6 is 0 Å². The lowest BCUT2D eigenvalue weighted by molar-refractivity contribution is 0.954. The van der Waals surface area contributed by atoms with Crippen molar-refractivity contribution in [3.63, 3.8) is 0 Å². The molecule has 1 aromatic heterocycles. The minimum absolute atomic E-state index is 0.606. The van der Waals surface area contributed by atoms with E-state index in [4.69, 9.17) is 0 Å². The highest BCUT2D eigenvalue weighted by Crippen LogP contribution is 2.27. The van der Waals surface area contributed by atoms with Crippen LogP contribution in [0.3, 0.4) is 0 Å². The Hall–Kier alpha value is -2.34. The Morgan fingerprint density at radius 2 is 1.95 bits per heavy atom. The number of anilines is 1. The first-order chi connectivity index (χ1) is 9.80. The summed E-state index contributed by atoms with van der Waals surface area (Å²) < 4.78 is 0. The van der Waals surface area contributed by atoms with Crippen molar-refractivity contribution in [2.45, 2.75) is 26.7 Å². The van der Waals surface area contributed by atoms with Crippen LogP contribution in [0.4, 0.5) is 5.82 Å². The Balaban J connectivity index is 2.51. The molecule has 102 valence electrons. The smallest absolute Gasteiger partial charge is 0.144 e. The normalized spacial score (nSPS) is 10.1.